The zero-order chi connectivity index (χ0) is 16.2. The van der Waals surface area contributed by atoms with Crippen LogP contribution < -0.4 is 10.1 Å². The third-order valence-corrected chi connectivity index (χ3v) is 3.53. The number of benzene rings is 2. The zero-order valence-electron chi connectivity index (χ0n) is 13.0. The van der Waals surface area contributed by atoms with Gasteiger partial charge in [-0.15, -0.1) is 0 Å². The molecule has 23 heavy (non-hydrogen) atoms. The largest absolute Gasteiger partial charge is 0.496 e. The number of carbonyl (C=O) groups is 1. The van der Waals surface area contributed by atoms with Gasteiger partial charge >= 0.3 is 0 Å². The van der Waals surface area contributed by atoms with Crippen molar-refractivity contribution in [3.05, 3.63) is 66.4 Å². The molecule has 5 heteroatoms. The molecule has 0 radical (unpaired) electrons. The molecule has 0 fully saturated rings. The number of nitrogens with one attached hydrogen (secondary N) is 1. The van der Waals surface area contributed by atoms with Crippen LogP contribution >= 0.6 is 0 Å². The minimum Gasteiger partial charge on any atom is -0.496 e. The molecular weight excluding hydrogens is 290 g/mol. The fourth-order valence-electron chi connectivity index (χ4n) is 2.40. The Morgan fingerprint density at radius 1 is 1.09 bits per heavy atom. The number of methoxy groups -OCH3 is 1. The number of anilines is 1. The van der Waals surface area contributed by atoms with Gasteiger partial charge in [0.05, 0.1) is 12.8 Å². The third-order valence-electron chi connectivity index (χ3n) is 3.53. The summed E-state index contributed by atoms with van der Waals surface area (Å²) in [6, 6.07) is 18.7. The van der Waals surface area contributed by atoms with Crippen LogP contribution in [0, 0.1) is 0 Å². The predicted octanol–water partition coefficient (Wildman–Crippen LogP) is 3.35. The molecule has 1 N–H and O–H groups in total. The smallest absolute Gasteiger partial charge is 0.276 e. The molecule has 3 aromatic rings. The standard InChI is InChI=1S/C18H17N3O2/c1-21-16(14-10-6-7-11-17(14)23-2)12-15(20-21)18(22)19-13-8-4-3-5-9-13/h3-12H,1-2H3,(H,19,22). The lowest BCUT2D eigenvalue weighted by molar-refractivity contribution is 0.102. The van der Waals surface area contributed by atoms with Crippen LogP contribution in [0.3, 0.4) is 0 Å². The van der Waals surface area contributed by atoms with Gasteiger partial charge in [0, 0.05) is 18.3 Å². The summed E-state index contributed by atoms with van der Waals surface area (Å²) in [6.45, 7) is 0. The van der Waals surface area contributed by atoms with E-state index in [1.54, 1.807) is 24.9 Å². The molecule has 0 aliphatic carbocycles. The molecule has 0 unspecified atom stereocenters. The van der Waals surface area contributed by atoms with Crippen molar-refractivity contribution in [2.24, 2.45) is 7.05 Å². The summed E-state index contributed by atoms with van der Waals surface area (Å²) < 4.78 is 7.06. The van der Waals surface area contributed by atoms with Crippen LogP contribution in [0.5, 0.6) is 5.75 Å². The summed E-state index contributed by atoms with van der Waals surface area (Å²) in [5.41, 5.74) is 2.81. The third kappa shape index (κ3) is 3.08. The minimum atomic E-state index is -0.243. The summed E-state index contributed by atoms with van der Waals surface area (Å²) in [5.74, 6) is 0.499. The molecule has 0 saturated carbocycles. The highest BCUT2D eigenvalue weighted by molar-refractivity contribution is 6.03. The van der Waals surface area contributed by atoms with Crippen molar-refractivity contribution in [2.45, 2.75) is 0 Å². The Bertz CT molecular complexity index is 825. The lowest BCUT2D eigenvalue weighted by Crippen LogP contribution is -2.12. The van der Waals surface area contributed by atoms with Crippen molar-refractivity contribution >= 4 is 11.6 Å². The first-order chi connectivity index (χ1) is 11.2. The van der Waals surface area contributed by atoms with Gasteiger partial charge in [-0.1, -0.05) is 30.3 Å². The van der Waals surface area contributed by atoms with Crippen LogP contribution in [0.25, 0.3) is 11.3 Å². The van der Waals surface area contributed by atoms with Crippen LogP contribution in [-0.2, 0) is 7.05 Å². The second kappa shape index (κ2) is 6.36. The monoisotopic (exact) mass is 307 g/mol. The zero-order valence-corrected chi connectivity index (χ0v) is 13.0. The molecule has 0 bridgehead atoms. The predicted molar refractivity (Wildman–Crippen MR) is 89.6 cm³/mol. The van der Waals surface area contributed by atoms with E-state index in [1.807, 2.05) is 54.6 Å². The highest BCUT2D eigenvalue weighted by Gasteiger charge is 2.16. The van der Waals surface area contributed by atoms with E-state index in [2.05, 4.69) is 10.4 Å². The van der Waals surface area contributed by atoms with Gasteiger partial charge in [0.25, 0.3) is 5.91 Å². The summed E-state index contributed by atoms with van der Waals surface area (Å²) in [7, 11) is 3.43. The number of para-hydroxylation sites is 2. The molecule has 0 spiro atoms. The summed E-state index contributed by atoms with van der Waals surface area (Å²) >= 11 is 0. The van der Waals surface area contributed by atoms with E-state index < -0.39 is 0 Å². The van der Waals surface area contributed by atoms with Crippen LogP contribution in [0.15, 0.2) is 60.7 Å². The number of nitrogens with zero attached hydrogens (tertiary/aromatic N) is 2. The first-order valence-electron chi connectivity index (χ1n) is 7.23. The van der Waals surface area contributed by atoms with E-state index in [0.29, 0.717) is 5.69 Å². The summed E-state index contributed by atoms with van der Waals surface area (Å²) in [5, 5.41) is 7.14. The molecular formula is C18H17N3O2. The highest BCUT2D eigenvalue weighted by atomic mass is 16.5. The Labute approximate surface area is 134 Å². The van der Waals surface area contributed by atoms with Crippen molar-refractivity contribution in [3.8, 4) is 17.0 Å². The van der Waals surface area contributed by atoms with E-state index in [0.717, 1.165) is 22.7 Å². The van der Waals surface area contributed by atoms with Crippen LogP contribution in [0.4, 0.5) is 5.69 Å². The second-order valence-electron chi connectivity index (χ2n) is 5.06. The number of hydrogen-bond acceptors (Lipinski definition) is 3. The number of rotatable bonds is 4. The first-order valence-corrected chi connectivity index (χ1v) is 7.23. The number of carbonyl (C=O) groups excluding carboxylic acids is 1. The fraction of sp³-hybridized carbons (Fsp3) is 0.111. The molecule has 0 saturated heterocycles. The van der Waals surface area contributed by atoms with Crippen molar-refractivity contribution in [2.75, 3.05) is 12.4 Å². The molecule has 0 aliphatic rings. The minimum absolute atomic E-state index is 0.243. The number of aryl methyl sites for hydroxylation is 1. The molecule has 0 aliphatic heterocycles. The number of amides is 1. The quantitative estimate of drug-likeness (QED) is 0.804. The maximum atomic E-state index is 12.3. The first kappa shape index (κ1) is 14.8. The van der Waals surface area contributed by atoms with E-state index in [1.165, 1.54) is 0 Å². The van der Waals surface area contributed by atoms with Crippen molar-refractivity contribution < 1.29 is 9.53 Å². The lowest BCUT2D eigenvalue weighted by Gasteiger charge is -2.07. The lowest BCUT2D eigenvalue weighted by atomic mass is 10.1. The van der Waals surface area contributed by atoms with E-state index >= 15 is 0 Å². The Kier molecular flexibility index (Phi) is 4.10. The highest BCUT2D eigenvalue weighted by Crippen LogP contribution is 2.29. The van der Waals surface area contributed by atoms with E-state index in [4.69, 9.17) is 4.74 Å². The molecule has 1 heterocycles. The van der Waals surface area contributed by atoms with Gasteiger partial charge in [0.1, 0.15) is 5.75 Å². The molecule has 2 aromatic carbocycles. The summed E-state index contributed by atoms with van der Waals surface area (Å²) in [4.78, 5) is 12.3. The van der Waals surface area contributed by atoms with Crippen molar-refractivity contribution in [1.29, 1.82) is 0 Å². The van der Waals surface area contributed by atoms with E-state index in [-0.39, 0.29) is 5.91 Å². The number of aromatic nitrogens is 2. The summed E-state index contributed by atoms with van der Waals surface area (Å²) in [6.07, 6.45) is 0. The van der Waals surface area contributed by atoms with Crippen molar-refractivity contribution in [3.63, 3.8) is 0 Å². The van der Waals surface area contributed by atoms with Gasteiger partial charge < -0.3 is 10.1 Å². The molecule has 0 atom stereocenters. The Morgan fingerprint density at radius 3 is 2.52 bits per heavy atom. The average Bonchev–Trinajstić information content (AvgIpc) is 2.97. The van der Waals surface area contributed by atoms with Gasteiger partial charge in [-0.05, 0) is 30.3 Å². The molecule has 1 amide bonds. The Hall–Kier alpha value is -3.08. The maximum absolute atomic E-state index is 12.3. The van der Waals surface area contributed by atoms with Gasteiger partial charge in [0.15, 0.2) is 5.69 Å². The normalized spacial score (nSPS) is 10.3. The topological polar surface area (TPSA) is 56.1 Å². The van der Waals surface area contributed by atoms with Gasteiger partial charge in [-0.2, -0.15) is 5.10 Å². The van der Waals surface area contributed by atoms with Crippen LogP contribution in [0.2, 0.25) is 0 Å². The van der Waals surface area contributed by atoms with Gasteiger partial charge in [0.2, 0.25) is 0 Å². The van der Waals surface area contributed by atoms with Gasteiger partial charge in [-0.3, -0.25) is 9.48 Å². The number of hydrogen-bond donors (Lipinski definition) is 1. The Balaban J connectivity index is 1.90. The number of ether oxygens (including phenoxy) is 1. The average molecular weight is 307 g/mol. The fourth-order valence-corrected chi connectivity index (χ4v) is 2.40. The molecule has 116 valence electrons. The van der Waals surface area contributed by atoms with Crippen molar-refractivity contribution in [1.82, 2.24) is 9.78 Å². The van der Waals surface area contributed by atoms with E-state index in [9.17, 15) is 4.79 Å². The molecule has 1 aromatic heterocycles. The van der Waals surface area contributed by atoms with Crippen LogP contribution in [-0.4, -0.2) is 22.8 Å². The molecule has 5 nitrogen and oxygen atoms in total. The SMILES string of the molecule is COc1ccccc1-c1cc(C(=O)Nc2ccccc2)nn1C. The van der Waals surface area contributed by atoms with Crippen LogP contribution in [0.1, 0.15) is 10.5 Å². The molecule has 3 rings (SSSR count). The second-order valence-corrected chi connectivity index (χ2v) is 5.06. The maximum Gasteiger partial charge on any atom is 0.276 e. The van der Waals surface area contributed by atoms with Gasteiger partial charge in [-0.25, -0.2) is 0 Å². The Morgan fingerprint density at radius 2 is 1.78 bits per heavy atom.